The van der Waals surface area contributed by atoms with Crippen molar-refractivity contribution in [1.82, 2.24) is 4.57 Å². The Morgan fingerprint density at radius 1 is 0.977 bits per heavy atom. The number of nitrogens with zero attached hydrogens (tertiary/aromatic N) is 2. The van der Waals surface area contributed by atoms with Crippen LogP contribution in [0, 0.1) is 12.8 Å². The number of aromatic nitrogens is 1. The van der Waals surface area contributed by atoms with Crippen LogP contribution >= 0.6 is 23.1 Å². The third-order valence-electron chi connectivity index (χ3n) is 7.56. The largest absolute Gasteiger partial charge is 0.497 e. The average Bonchev–Trinajstić information content (AvgIpc) is 3.43. The number of thiazole rings is 1. The monoisotopic (exact) mass is 639 g/mol. The van der Waals surface area contributed by atoms with Crippen LogP contribution < -0.4 is 19.8 Å². The van der Waals surface area contributed by atoms with Crippen LogP contribution in [0.3, 0.4) is 0 Å². The van der Waals surface area contributed by atoms with Gasteiger partial charge in [0, 0.05) is 16.5 Å². The van der Waals surface area contributed by atoms with Gasteiger partial charge in [-0.15, -0.1) is 0 Å². The van der Waals surface area contributed by atoms with Gasteiger partial charge in [0.2, 0.25) is 17.7 Å². The predicted molar refractivity (Wildman–Crippen MR) is 160 cm³/mol. The minimum atomic E-state index is -4.67. The molecule has 2 unspecified atom stereocenters. The van der Waals surface area contributed by atoms with Crippen LogP contribution in [0.2, 0.25) is 0 Å². The quantitative estimate of drug-likeness (QED) is 0.273. The molecule has 6 rings (SSSR count). The van der Waals surface area contributed by atoms with E-state index < -0.39 is 51.4 Å². The Balaban J connectivity index is 1.41. The summed E-state index contributed by atoms with van der Waals surface area (Å²) in [5, 5.41) is 2.10. The number of benzene rings is 3. The second-order valence-electron chi connectivity index (χ2n) is 10.4. The number of ether oxygens (including phenoxy) is 1. The summed E-state index contributed by atoms with van der Waals surface area (Å²) in [4.78, 5) is 55.0. The average molecular weight is 640 g/mol. The van der Waals surface area contributed by atoms with Crippen LogP contribution in [-0.4, -0.2) is 34.6 Å². The van der Waals surface area contributed by atoms with Crippen LogP contribution in [0.4, 0.5) is 24.5 Å². The normalized spacial score (nSPS) is 19.5. The lowest BCUT2D eigenvalue weighted by Crippen LogP contribution is -2.33. The number of rotatable bonds is 6. The van der Waals surface area contributed by atoms with Crippen molar-refractivity contribution in [3.05, 3.63) is 104 Å². The fourth-order valence-corrected chi connectivity index (χ4v) is 8.34. The van der Waals surface area contributed by atoms with Gasteiger partial charge in [0.1, 0.15) is 17.5 Å². The summed E-state index contributed by atoms with van der Waals surface area (Å²) < 4.78 is 47.1. The molecule has 1 aromatic heterocycles. The third kappa shape index (κ3) is 5.30. The molecule has 0 aliphatic carbocycles. The zero-order valence-corrected chi connectivity index (χ0v) is 24.9. The van der Waals surface area contributed by atoms with Crippen LogP contribution in [0.1, 0.15) is 27.5 Å². The molecule has 3 atom stereocenters. The van der Waals surface area contributed by atoms with Gasteiger partial charge in [-0.2, -0.15) is 13.2 Å². The van der Waals surface area contributed by atoms with Crippen molar-refractivity contribution < 1.29 is 32.3 Å². The van der Waals surface area contributed by atoms with Crippen molar-refractivity contribution in [2.24, 2.45) is 5.92 Å². The highest BCUT2D eigenvalue weighted by molar-refractivity contribution is 8.00. The number of halogens is 3. The second kappa shape index (κ2) is 11.3. The zero-order chi connectivity index (χ0) is 31.3. The molecule has 3 amide bonds. The number of carbonyl (C=O) groups excluding carboxylic acids is 3. The Morgan fingerprint density at radius 2 is 1.70 bits per heavy atom. The van der Waals surface area contributed by atoms with E-state index in [0.29, 0.717) is 26.9 Å². The van der Waals surface area contributed by atoms with E-state index in [1.807, 2.05) is 13.0 Å². The Kier molecular flexibility index (Phi) is 7.62. The van der Waals surface area contributed by atoms with E-state index in [9.17, 15) is 32.3 Å². The number of nitrogens with one attached hydrogen (secondary N) is 1. The van der Waals surface area contributed by atoms with Crippen LogP contribution in [0.15, 0.2) is 82.6 Å². The minimum absolute atomic E-state index is 0.184. The van der Waals surface area contributed by atoms with Gasteiger partial charge in [-0.25, -0.2) is 4.90 Å². The van der Waals surface area contributed by atoms with Crippen LogP contribution in [0.25, 0.3) is 0 Å². The van der Waals surface area contributed by atoms with E-state index in [4.69, 9.17) is 4.74 Å². The highest BCUT2D eigenvalue weighted by atomic mass is 32.2. The first-order valence-electron chi connectivity index (χ1n) is 13.4. The van der Waals surface area contributed by atoms with E-state index in [1.165, 1.54) is 17.7 Å². The molecule has 2 aliphatic heterocycles. The number of anilines is 2. The standard InChI is InChI=1S/C31H24F3N3O5S2/c1-16-5-3-7-19(13-16)35-22(38)15-36-29-26(44-30(36)41)23(17-9-11-21(42-2)12-10-17)24-25(43-29)28(40)37(27(24)39)20-8-4-6-18(14-20)31(32,33)34/h3-14,23-25H,15H2,1-2H3,(H,35,38)/t23-,24?,25?/m1/s1. The van der Waals surface area contributed by atoms with E-state index in [0.717, 1.165) is 51.8 Å². The van der Waals surface area contributed by atoms with Crippen LogP contribution in [-0.2, 0) is 27.1 Å². The number of aryl methyl sites for hydroxylation is 1. The number of alkyl halides is 3. The van der Waals surface area contributed by atoms with Gasteiger partial charge in [0.05, 0.1) is 29.3 Å². The fraction of sp³-hybridized carbons (Fsp3) is 0.226. The molecule has 1 fully saturated rings. The van der Waals surface area contributed by atoms with Crippen molar-refractivity contribution in [3.63, 3.8) is 0 Å². The van der Waals surface area contributed by atoms with E-state index in [2.05, 4.69) is 5.32 Å². The molecule has 1 saturated heterocycles. The molecule has 0 spiro atoms. The van der Waals surface area contributed by atoms with Gasteiger partial charge in [0.25, 0.3) is 0 Å². The second-order valence-corrected chi connectivity index (χ2v) is 12.5. The van der Waals surface area contributed by atoms with Crippen molar-refractivity contribution >= 4 is 52.2 Å². The maximum absolute atomic E-state index is 14.0. The minimum Gasteiger partial charge on any atom is -0.497 e. The van der Waals surface area contributed by atoms with Gasteiger partial charge in [-0.1, -0.05) is 53.4 Å². The molecule has 0 saturated carbocycles. The number of amides is 3. The van der Waals surface area contributed by atoms with Crippen molar-refractivity contribution in [2.75, 3.05) is 17.3 Å². The maximum atomic E-state index is 14.0. The van der Waals surface area contributed by atoms with Gasteiger partial charge < -0.3 is 10.1 Å². The Hall–Kier alpha value is -4.36. The number of hydrogen-bond donors (Lipinski definition) is 1. The highest BCUT2D eigenvalue weighted by Crippen LogP contribution is 2.54. The number of hydrogen-bond acceptors (Lipinski definition) is 7. The summed E-state index contributed by atoms with van der Waals surface area (Å²) in [5.74, 6) is -3.04. The van der Waals surface area contributed by atoms with Crippen LogP contribution in [0.5, 0.6) is 5.75 Å². The lowest BCUT2D eigenvalue weighted by Gasteiger charge is -2.30. The van der Waals surface area contributed by atoms with E-state index in [1.54, 1.807) is 42.5 Å². The lowest BCUT2D eigenvalue weighted by atomic mass is 9.83. The Labute approximate surface area is 257 Å². The molecular formula is C31H24F3N3O5S2. The summed E-state index contributed by atoms with van der Waals surface area (Å²) in [7, 11) is 1.50. The molecule has 3 heterocycles. The molecule has 2 aliphatic rings. The molecule has 13 heteroatoms. The molecule has 226 valence electrons. The topological polar surface area (TPSA) is 97.7 Å². The molecule has 0 radical (unpaired) electrons. The number of fused-ring (bicyclic) bond motifs is 2. The molecular weight excluding hydrogens is 615 g/mol. The van der Waals surface area contributed by atoms with Crippen molar-refractivity contribution in [1.29, 1.82) is 0 Å². The summed E-state index contributed by atoms with van der Waals surface area (Å²) in [6.07, 6.45) is -4.67. The molecule has 44 heavy (non-hydrogen) atoms. The first-order chi connectivity index (χ1) is 21.0. The number of methoxy groups -OCH3 is 1. The van der Waals surface area contributed by atoms with Gasteiger partial charge in [-0.3, -0.25) is 23.7 Å². The lowest BCUT2D eigenvalue weighted by molar-refractivity contribution is -0.137. The fourth-order valence-electron chi connectivity index (χ4n) is 5.57. The van der Waals surface area contributed by atoms with Crippen molar-refractivity contribution in [3.8, 4) is 5.75 Å². The molecule has 3 aromatic carbocycles. The van der Waals surface area contributed by atoms with Crippen molar-refractivity contribution in [2.45, 2.75) is 35.8 Å². The summed E-state index contributed by atoms with van der Waals surface area (Å²) in [5.41, 5.74) is 0.941. The number of imide groups is 1. The summed E-state index contributed by atoms with van der Waals surface area (Å²) >= 11 is 1.87. The summed E-state index contributed by atoms with van der Waals surface area (Å²) in [6.45, 7) is 1.54. The molecule has 0 bridgehead atoms. The van der Waals surface area contributed by atoms with E-state index in [-0.39, 0.29) is 12.2 Å². The number of thioether (sulfide) groups is 1. The molecule has 4 aromatic rings. The maximum Gasteiger partial charge on any atom is 0.416 e. The Morgan fingerprint density at radius 3 is 2.39 bits per heavy atom. The predicted octanol–water partition coefficient (Wildman–Crippen LogP) is 5.68. The smallest absolute Gasteiger partial charge is 0.416 e. The highest BCUT2D eigenvalue weighted by Gasteiger charge is 2.57. The van der Waals surface area contributed by atoms with Gasteiger partial charge in [-0.05, 0) is 60.5 Å². The van der Waals surface area contributed by atoms with E-state index >= 15 is 0 Å². The Bertz CT molecular complexity index is 1850. The first kappa shape index (κ1) is 29.7. The third-order valence-corrected chi connectivity index (χ3v) is 10.2. The number of carbonyl (C=O) groups is 3. The summed E-state index contributed by atoms with van der Waals surface area (Å²) in [6, 6.07) is 18.1. The SMILES string of the molecule is COc1ccc([C@H]2c3sc(=O)n(CC(=O)Nc4cccc(C)c4)c3SC3C(=O)N(c4cccc(C(F)(F)F)c4)C(=O)C32)cc1. The zero-order valence-electron chi connectivity index (χ0n) is 23.3. The molecule has 1 N–H and O–H groups in total. The first-order valence-corrected chi connectivity index (χ1v) is 15.1. The van der Waals surface area contributed by atoms with Gasteiger partial charge >= 0.3 is 11.0 Å². The van der Waals surface area contributed by atoms with Gasteiger partial charge in [0.15, 0.2) is 0 Å². The molecule has 8 nitrogen and oxygen atoms in total.